The summed E-state index contributed by atoms with van der Waals surface area (Å²) in [5.41, 5.74) is 6.63. The lowest BCUT2D eigenvalue weighted by atomic mass is 9.85. The van der Waals surface area contributed by atoms with Gasteiger partial charge in [-0.15, -0.1) is 0 Å². The van der Waals surface area contributed by atoms with Gasteiger partial charge in [-0.1, -0.05) is 48.1 Å². The normalized spacial score (nSPS) is 24.8. The van der Waals surface area contributed by atoms with Crippen LogP contribution in [0.2, 0.25) is 0 Å². The predicted octanol–water partition coefficient (Wildman–Crippen LogP) is 5.59. The number of fused-ring (bicyclic) bond motifs is 2. The Morgan fingerprint density at radius 1 is 1.15 bits per heavy atom. The highest BCUT2D eigenvalue weighted by Gasteiger charge is 2.36. The summed E-state index contributed by atoms with van der Waals surface area (Å²) >= 11 is 8.19. The van der Waals surface area contributed by atoms with Crippen LogP contribution in [0.15, 0.2) is 54.1 Å². The van der Waals surface area contributed by atoms with Crippen molar-refractivity contribution in [3.8, 4) is 11.1 Å². The Morgan fingerprint density at radius 3 is 2.92 bits per heavy atom. The highest BCUT2D eigenvalue weighted by atomic mass is 127. The first-order valence-corrected chi connectivity index (χ1v) is 10.8. The molecule has 3 heterocycles. The van der Waals surface area contributed by atoms with E-state index < -0.39 is 0 Å². The molecule has 2 aromatic carbocycles. The van der Waals surface area contributed by atoms with Crippen LogP contribution in [0.1, 0.15) is 30.7 Å². The Hall–Kier alpha value is -1.24. The average molecular weight is 472 g/mol. The Morgan fingerprint density at radius 2 is 2.04 bits per heavy atom. The standard InChI is InChI=1S/C22H21IN2S/c23-19-6-2-1-5-17(19)14-7-8-20-18(13-14)21(22(26)24-20)15-9-11-25-10-3-4-16(25)12-15/h1-2,5-9,13,16,21H,3-4,10-12H2,(H,24,26). The van der Waals surface area contributed by atoms with Gasteiger partial charge in [0.2, 0.25) is 0 Å². The molecular formula is C22H21IN2S. The molecule has 0 aliphatic carbocycles. The van der Waals surface area contributed by atoms with Crippen LogP contribution in [-0.2, 0) is 0 Å². The third-order valence-electron chi connectivity index (χ3n) is 6.00. The molecule has 2 atom stereocenters. The van der Waals surface area contributed by atoms with Gasteiger partial charge >= 0.3 is 0 Å². The summed E-state index contributed by atoms with van der Waals surface area (Å²) in [4.78, 5) is 3.59. The quantitative estimate of drug-likeness (QED) is 0.349. The number of hydrogen-bond donors (Lipinski definition) is 1. The molecule has 0 amide bonds. The van der Waals surface area contributed by atoms with E-state index in [4.69, 9.17) is 12.2 Å². The summed E-state index contributed by atoms with van der Waals surface area (Å²) in [6.45, 7) is 2.35. The lowest BCUT2D eigenvalue weighted by molar-refractivity contribution is 0.263. The fourth-order valence-corrected chi connectivity index (χ4v) is 5.77. The molecule has 4 heteroatoms. The molecule has 3 aliphatic heterocycles. The molecule has 1 saturated heterocycles. The van der Waals surface area contributed by atoms with Crippen molar-refractivity contribution in [3.05, 3.63) is 63.2 Å². The van der Waals surface area contributed by atoms with Crippen molar-refractivity contribution in [2.75, 3.05) is 18.4 Å². The fourth-order valence-electron chi connectivity index (χ4n) is 4.68. The van der Waals surface area contributed by atoms with Crippen molar-refractivity contribution in [1.29, 1.82) is 0 Å². The molecule has 1 fully saturated rings. The maximum absolute atomic E-state index is 5.77. The van der Waals surface area contributed by atoms with E-state index in [2.05, 4.69) is 81.3 Å². The van der Waals surface area contributed by atoms with Gasteiger partial charge in [0.25, 0.3) is 0 Å². The van der Waals surface area contributed by atoms with E-state index in [9.17, 15) is 0 Å². The second-order valence-electron chi connectivity index (χ2n) is 7.48. The van der Waals surface area contributed by atoms with Crippen LogP contribution in [0, 0.1) is 3.57 Å². The van der Waals surface area contributed by atoms with Gasteiger partial charge in [0.1, 0.15) is 0 Å². The second kappa shape index (κ2) is 6.73. The molecule has 0 radical (unpaired) electrons. The monoisotopic (exact) mass is 472 g/mol. The van der Waals surface area contributed by atoms with Gasteiger partial charge < -0.3 is 5.32 Å². The Labute approximate surface area is 173 Å². The summed E-state index contributed by atoms with van der Waals surface area (Å²) in [6, 6.07) is 16.1. The highest BCUT2D eigenvalue weighted by Crippen LogP contribution is 2.44. The molecule has 0 bridgehead atoms. The van der Waals surface area contributed by atoms with Gasteiger partial charge in [0, 0.05) is 21.8 Å². The van der Waals surface area contributed by atoms with Crippen molar-refractivity contribution in [3.63, 3.8) is 0 Å². The predicted molar refractivity (Wildman–Crippen MR) is 121 cm³/mol. The maximum Gasteiger partial charge on any atom is 0.0915 e. The van der Waals surface area contributed by atoms with E-state index in [0.717, 1.165) is 17.6 Å². The zero-order chi connectivity index (χ0) is 17.7. The van der Waals surface area contributed by atoms with E-state index in [0.29, 0.717) is 0 Å². The van der Waals surface area contributed by atoms with Gasteiger partial charge in [-0.05, 0) is 83.3 Å². The number of anilines is 1. The van der Waals surface area contributed by atoms with E-state index in [1.165, 1.54) is 57.3 Å². The topological polar surface area (TPSA) is 15.3 Å². The fraction of sp³-hybridized carbons (Fsp3) is 0.318. The van der Waals surface area contributed by atoms with Crippen LogP contribution in [0.4, 0.5) is 5.69 Å². The van der Waals surface area contributed by atoms with E-state index >= 15 is 0 Å². The zero-order valence-corrected chi connectivity index (χ0v) is 17.5. The van der Waals surface area contributed by atoms with Gasteiger partial charge in [-0.2, -0.15) is 0 Å². The van der Waals surface area contributed by atoms with Crippen molar-refractivity contribution in [2.24, 2.45) is 0 Å². The van der Waals surface area contributed by atoms with Crippen LogP contribution < -0.4 is 5.32 Å². The van der Waals surface area contributed by atoms with E-state index in [1.54, 1.807) is 0 Å². The minimum absolute atomic E-state index is 0.254. The van der Waals surface area contributed by atoms with Crippen LogP contribution in [-0.4, -0.2) is 29.0 Å². The lowest BCUT2D eigenvalue weighted by Gasteiger charge is -2.31. The first-order chi connectivity index (χ1) is 12.7. The molecule has 2 unspecified atom stereocenters. The van der Waals surface area contributed by atoms with Crippen molar-refractivity contribution in [1.82, 2.24) is 4.90 Å². The number of nitrogens with zero attached hydrogens (tertiary/aromatic N) is 1. The number of halogens is 1. The molecular weight excluding hydrogens is 451 g/mol. The summed E-state index contributed by atoms with van der Waals surface area (Å²) in [7, 11) is 0. The second-order valence-corrected chi connectivity index (χ2v) is 9.08. The van der Waals surface area contributed by atoms with E-state index in [-0.39, 0.29) is 5.92 Å². The van der Waals surface area contributed by atoms with E-state index in [1.807, 2.05) is 0 Å². The van der Waals surface area contributed by atoms with Crippen LogP contribution in [0.3, 0.4) is 0 Å². The minimum Gasteiger partial charge on any atom is -0.349 e. The van der Waals surface area contributed by atoms with Gasteiger partial charge in [-0.3, -0.25) is 4.90 Å². The van der Waals surface area contributed by atoms with Crippen molar-refractivity contribution < 1.29 is 0 Å². The number of thiocarbonyl (C=S) groups is 1. The number of rotatable bonds is 2. The van der Waals surface area contributed by atoms with Crippen LogP contribution >= 0.6 is 34.8 Å². The molecule has 0 aromatic heterocycles. The van der Waals surface area contributed by atoms with Gasteiger partial charge in [-0.25, -0.2) is 0 Å². The smallest absolute Gasteiger partial charge is 0.0915 e. The summed E-state index contributed by atoms with van der Waals surface area (Å²) in [5.74, 6) is 0.254. The van der Waals surface area contributed by atoms with Crippen molar-refractivity contribution >= 4 is 45.5 Å². The first-order valence-electron chi connectivity index (χ1n) is 9.33. The molecule has 3 aliphatic rings. The van der Waals surface area contributed by atoms with Crippen LogP contribution in [0.25, 0.3) is 11.1 Å². The molecule has 2 aromatic rings. The summed E-state index contributed by atoms with van der Waals surface area (Å²) in [6.07, 6.45) is 6.28. The van der Waals surface area contributed by atoms with Gasteiger partial charge in [0.15, 0.2) is 0 Å². The van der Waals surface area contributed by atoms with Crippen LogP contribution in [0.5, 0.6) is 0 Å². The number of hydrogen-bond acceptors (Lipinski definition) is 2. The molecule has 2 nitrogen and oxygen atoms in total. The largest absolute Gasteiger partial charge is 0.349 e. The summed E-state index contributed by atoms with van der Waals surface area (Å²) < 4.78 is 1.29. The summed E-state index contributed by atoms with van der Waals surface area (Å²) in [5, 5.41) is 3.47. The average Bonchev–Trinajstić information content (AvgIpc) is 3.24. The lowest BCUT2D eigenvalue weighted by Crippen LogP contribution is -2.34. The Balaban J connectivity index is 1.53. The first kappa shape index (κ1) is 16.9. The molecule has 132 valence electrons. The molecule has 26 heavy (non-hydrogen) atoms. The minimum atomic E-state index is 0.254. The number of benzene rings is 2. The molecule has 5 rings (SSSR count). The zero-order valence-electron chi connectivity index (χ0n) is 14.5. The van der Waals surface area contributed by atoms with Gasteiger partial charge in [0.05, 0.1) is 10.9 Å². The SMILES string of the molecule is S=C1Nc2ccc(-c3ccccc3I)cc2C1C1=CCN2CCCC2C1. The highest BCUT2D eigenvalue weighted by molar-refractivity contribution is 14.1. The Kier molecular flexibility index (Phi) is 4.38. The third-order valence-corrected chi connectivity index (χ3v) is 7.28. The molecule has 0 saturated carbocycles. The third kappa shape index (κ3) is 2.83. The Bertz CT molecular complexity index is 920. The maximum atomic E-state index is 5.77. The molecule has 1 N–H and O–H groups in total. The van der Waals surface area contributed by atoms with Crippen molar-refractivity contribution in [2.45, 2.75) is 31.2 Å². The molecule has 0 spiro atoms. The number of nitrogens with one attached hydrogen (secondary N) is 1.